The summed E-state index contributed by atoms with van der Waals surface area (Å²) in [6, 6.07) is 4.06. The molecule has 1 fully saturated rings. The van der Waals surface area contributed by atoms with Gasteiger partial charge < -0.3 is 19.8 Å². The Hall–Kier alpha value is -2.57. The molecule has 0 unspecified atom stereocenters. The van der Waals surface area contributed by atoms with Gasteiger partial charge in [-0.15, -0.1) is 0 Å². The quantitative estimate of drug-likeness (QED) is 0.898. The fraction of sp³-hybridized carbons (Fsp3) is 0.500. The van der Waals surface area contributed by atoms with Gasteiger partial charge in [-0.25, -0.2) is 4.98 Å². The smallest absolute Gasteiger partial charge is 0.270 e. The van der Waals surface area contributed by atoms with Crippen LogP contribution in [0.5, 0.6) is 0 Å². The lowest BCUT2D eigenvalue weighted by Gasteiger charge is -2.32. The van der Waals surface area contributed by atoms with Crippen LogP contribution in [0.1, 0.15) is 55.0 Å². The van der Waals surface area contributed by atoms with E-state index in [1.165, 1.54) is 0 Å². The number of nitrogens with two attached hydrogens (primary N) is 1. The first-order valence-electron chi connectivity index (χ1n) is 8.72. The number of primary amides is 1. The van der Waals surface area contributed by atoms with Crippen LogP contribution in [-0.4, -0.2) is 43.9 Å². The van der Waals surface area contributed by atoms with Crippen molar-refractivity contribution in [3.63, 3.8) is 0 Å². The van der Waals surface area contributed by atoms with Gasteiger partial charge in [0.05, 0.1) is 0 Å². The van der Waals surface area contributed by atoms with Crippen LogP contribution in [0, 0.1) is 0 Å². The van der Waals surface area contributed by atoms with Gasteiger partial charge in [-0.1, -0.05) is 0 Å². The molecule has 0 aliphatic carbocycles. The molecule has 2 aromatic rings. The first-order chi connectivity index (χ1) is 12.0. The number of rotatable bonds is 5. The second-order valence-corrected chi connectivity index (χ2v) is 6.84. The molecule has 1 aliphatic heterocycles. The van der Waals surface area contributed by atoms with E-state index in [1.807, 2.05) is 32.4 Å². The van der Waals surface area contributed by atoms with Gasteiger partial charge in [0.25, 0.3) is 5.91 Å². The fourth-order valence-electron chi connectivity index (χ4n) is 3.51. The second kappa shape index (κ2) is 7.13. The maximum Gasteiger partial charge on any atom is 0.270 e. The Kier molecular flexibility index (Phi) is 4.92. The lowest BCUT2D eigenvalue weighted by atomic mass is 9.95. The van der Waals surface area contributed by atoms with E-state index >= 15 is 0 Å². The molecular weight excluding hydrogens is 318 g/mol. The van der Waals surface area contributed by atoms with Crippen LogP contribution in [0.3, 0.4) is 0 Å². The van der Waals surface area contributed by atoms with Crippen LogP contribution in [0.2, 0.25) is 0 Å². The number of piperidine rings is 1. The summed E-state index contributed by atoms with van der Waals surface area (Å²) in [6.07, 6.45) is 7.11. The van der Waals surface area contributed by atoms with E-state index in [0.717, 1.165) is 24.4 Å². The Bertz CT molecular complexity index is 753. The van der Waals surface area contributed by atoms with Crippen LogP contribution in [0.25, 0.3) is 0 Å². The zero-order chi connectivity index (χ0) is 18.0. The summed E-state index contributed by atoms with van der Waals surface area (Å²) >= 11 is 0. The molecule has 2 aromatic heterocycles. The topological polar surface area (TPSA) is 86.2 Å². The largest absolute Gasteiger partial charge is 0.368 e. The van der Waals surface area contributed by atoms with Gasteiger partial charge in [0, 0.05) is 43.6 Å². The van der Waals surface area contributed by atoms with Gasteiger partial charge in [0.15, 0.2) is 0 Å². The molecule has 7 nitrogen and oxygen atoms in total. The van der Waals surface area contributed by atoms with Crippen molar-refractivity contribution in [3.05, 3.63) is 42.2 Å². The van der Waals surface area contributed by atoms with Gasteiger partial charge in [-0.05, 0) is 38.8 Å². The number of carbonyl (C=O) groups excluding carboxylic acids is 2. The SMILES string of the molecule is CC(C)n1cccc1C(=O)N1CCC(c2nccn2CC(N)=O)CC1. The number of aromatic nitrogens is 3. The summed E-state index contributed by atoms with van der Waals surface area (Å²) in [6.45, 7) is 5.67. The summed E-state index contributed by atoms with van der Waals surface area (Å²) in [5.41, 5.74) is 6.03. The Morgan fingerprint density at radius 3 is 2.64 bits per heavy atom. The number of imidazole rings is 1. The highest BCUT2D eigenvalue weighted by Gasteiger charge is 2.28. The molecule has 7 heteroatoms. The van der Waals surface area contributed by atoms with Crippen LogP contribution in [-0.2, 0) is 11.3 Å². The Morgan fingerprint density at radius 2 is 2.00 bits per heavy atom. The van der Waals surface area contributed by atoms with E-state index in [-0.39, 0.29) is 30.3 Å². The van der Waals surface area contributed by atoms with Crippen molar-refractivity contribution < 1.29 is 9.59 Å². The van der Waals surface area contributed by atoms with E-state index in [0.29, 0.717) is 13.1 Å². The van der Waals surface area contributed by atoms with Crippen molar-refractivity contribution in [1.82, 2.24) is 19.0 Å². The van der Waals surface area contributed by atoms with E-state index in [1.54, 1.807) is 12.4 Å². The lowest BCUT2D eigenvalue weighted by molar-refractivity contribution is -0.118. The Morgan fingerprint density at radius 1 is 1.28 bits per heavy atom. The molecular formula is C18H25N5O2. The van der Waals surface area contributed by atoms with Gasteiger partial charge in [0.2, 0.25) is 5.91 Å². The summed E-state index contributed by atoms with van der Waals surface area (Å²) in [5, 5.41) is 0. The molecule has 134 valence electrons. The van der Waals surface area contributed by atoms with Crippen molar-refractivity contribution in [3.8, 4) is 0 Å². The second-order valence-electron chi connectivity index (χ2n) is 6.84. The van der Waals surface area contributed by atoms with Crippen LogP contribution >= 0.6 is 0 Å². The number of hydrogen-bond acceptors (Lipinski definition) is 3. The maximum atomic E-state index is 12.8. The molecule has 0 aromatic carbocycles. The number of carbonyl (C=O) groups is 2. The number of amides is 2. The third-order valence-electron chi connectivity index (χ3n) is 4.78. The fourth-order valence-corrected chi connectivity index (χ4v) is 3.51. The number of hydrogen-bond donors (Lipinski definition) is 1. The summed E-state index contributed by atoms with van der Waals surface area (Å²) in [4.78, 5) is 30.3. The minimum Gasteiger partial charge on any atom is -0.368 e. The van der Waals surface area contributed by atoms with Crippen LogP contribution < -0.4 is 5.73 Å². The van der Waals surface area contributed by atoms with Crippen molar-refractivity contribution in [2.45, 2.75) is 45.2 Å². The predicted octanol–water partition coefficient (Wildman–Crippen LogP) is 1.77. The van der Waals surface area contributed by atoms with Crippen molar-refractivity contribution in [1.29, 1.82) is 0 Å². The molecule has 0 saturated carbocycles. The standard InChI is InChI=1S/C18H25N5O2/c1-13(2)23-8-3-4-15(23)18(25)21-9-5-14(6-10-21)17-20-7-11-22(17)12-16(19)24/h3-4,7-8,11,13-14H,5-6,9-10,12H2,1-2H3,(H2,19,24). The predicted molar refractivity (Wildman–Crippen MR) is 94.1 cm³/mol. The minimum absolute atomic E-state index is 0.0811. The summed E-state index contributed by atoms with van der Waals surface area (Å²) in [5.74, 6) is 0.839. The molecule has 2 amide bonds. The highest BCUT2D eigenvalue weighted by atomic mass is 16.2. The highest BCUT2D eigenvalue weighted by molar-refractivity contribution is 5.92. The number of nitrogens with zero attached hydrogens (tertiary/aromatic N) is 4. The minimum atomic E-state index is -0.374. The first kappa shape index (κ1) is 17.3. The Balaban J connectivity index is 1.66. The lowest BCUT2D eigenvalue weighted by Crippen LogP contribution is -2.39. The third-order valence-corrected chi connectivity index (χ3v) is 4.78. The van der Waals surface area contributed by atoms with E-state index in [9.17, 15) is 9.59 Å². The highest BCUT2D eigenvalue weighted by Crippen LogP contribution is 2.28. The first-order valence-corrected chi connectivity index (χ1v) is 8.72. The average Bonchev–Trinajstić information content (AvgIpc) is 3.23. The van der Waals surface area contributed by atoms with E-state index < -0.39 is 0 Å². The molecule has 1 aliphatic rings. The molecule has 3 heterocycles. The normalized spacial score (nSPS) is 15.7. The Labute approximate surface area is 147 Å². The molecule has 0 spiro atoms. The van der Waals surface area contributed by atoms with Gasteiger partial charge >= 0.3 is 0 Å². The zero-order valence-electron chi connectivity index (χ0n) is 14.8. The van der Waals surface area contributed by atoms with Gasteiger partial charge in [-0.3, -0.25) is 9.59 Å². The van der Waals surface area contributed by atoms with Crippen molar-refractivity contribution in [2.24, 2.45) is 5.73 Å². The molecule has 0 atom stereocenters. The average molecular weight is 343 g/mol. The van der Waals surface area contributed by atoms with E-state index in [4.69, 9.17) is 5.73 Å². The summed E-state index contributed by atoms with van der Waals surface area (Å²) < 4.78 is 3.82. The molecule has 1 saturated heterocycles. The van der Waals surface area contributed by atoms with Gasteiger partial charge in [0.1, 0.15) is 18.1 Å². The molecule has 0 radical (unpaired) electrons. The molecule has 2 N–H and O–H groups in total. The van der Waals surface area contributed by atoms with Crippen molar-refractivity contribution >= 4 is 11.8 Å². The summed E-state index contributed by atoms with van der Waals surface area (Å²) in [7, 11) is 0. The number of likely N-dealkylation sites (tertiary alicyclic amines) is 1. The zero-order valence-corrected chi connectivity index (χ0v) is 14.8. The van der Waals surface area contributed by atoms with Crippen LogP contribution in [0.15, 0.2) is 30.7 Å². The monoisotopic (exact) mass is 343 g/mol. The van der Waals surface area contributed by atoms with Crippen LogP contribution in [0.4, 0.5) is 0 Å². The maximum absolute atomic E-state index is 12.8. The molecule has 25 heavy (non-hydrogen) atoms. The molecule has 3 rings (SSSR count). The van der Waals surface area contributed by atoms with E-state index in [2.05, 4.69) is 18.8 Å². The van der Waals surface area contributed by atoms with Crippen molar-refractivity contribution in [2.75, 3.05) is 13.1 Å². The third kappa shape index (κ3) is 3.60. The van der Waals surface area contributed by atoms with Gasteiger partial charge in [-0.2, -0.15) is 0 Å². The molecule has 0 bridgehead atoms.